The first-order valence-electron chi connectivity index (χ1n) is 6.91. The Morgan fingerprint density at radius 2 is 2.18 bits per heavy atom. The smallest absolute Gasteiger partial charge is 0.0882 e. The molecule has 0 unspecified atom stereocenters. The fourth-order valence-corrected chi connectivity index (χ4v) is 4.14. The van der Waals surface area contributed by atoms with Gasteiger partial charge in [-0.05, 0) is 63.2 Å². The van der Waals surface area contributed by atoms with Crippen LogP contribution in [0.4, 0.5) is 0 Å². The molecule has 98 valence electrons. The molecule has 0 aromatic rings. The molecule has 2 rings (SSSR count). The minimum absolute atomic E-state index is 0.116. The molecule has 17 heavy (non-hydrogen) atoms. The molecule has 2 N–H and O–H groups in total. The molecule has 1 fully saturated rings. The van der Waals surface area contributed by atoms with E-state index in [0.29, 0.717) is 5.92 Å². The SMILES string of the molecule is CC1=CC[C@@]2(CC1)[C@H](C)CC[C@H]2[C@@](C)(O)CO. The summed E-state index contributed by atoms with van der Waals surface area (Å²) < 4.78 is 0. The lowest BCUT2D eigenvalue weighted by atomic mass is 9.60. The lowest BCUT2D eigenvalue weighted by molar-refractivity contribution is -0.0937. The summed E-state index contributed by atoms with van der Waals surface area (Å²) in [5, 5.41) is 19.9. The first-order valence-corrected chi connectivity index (χ1v) is 6.91. The van der Waals surface area contributed by atoms with Crippen LogP contribution in [0.2, 0.25) is 0 Å². The monoisotopic (exact) mass is 238 g/mol. The second-order valence-corrected chi connectivity index (χ2v) is 6.53. The van der Waals surface area contributed by atoms with E-state index in [0.717, 1.165) is 19.3 Å². The van der Waals surface area contributed by atoms with Gasteiger partial charge in [0, 0.05) is 0 Å². The fourth-order valence-electron chi connectivity index (χ4n) is 4.14. The van der Waals surface area contributed by atoms with Crippen molar-refractivity contribution in [3.8, 4) is 0 Å². The van der Waals surface area contributed by atoms with Gasteiger partial charge in [-0.2, -0.15) is 0 Å². The van der Waals surface area contributed by atoms with E-state index in [1.54, 1.807) is 0 Å². The lowest BCUT2D eigenvalue weighted by Gasteiger charge is -2.46. The average Bonchev–Trinajstić information content (AvgIpc) is 2.62. The molecule has 0 aromatic heterocycles. The van der Waals surface area contributed by atoms with E-state index in [1.807, 2.05) is 6.92 Å². The molecule has 0 aliphatic heterocycles. The number of hydrogen-bond acceptors (Lipinski definition) is 2. The highest BCUT2D eigenvalue weighted by Crippen LogP contribution is 2.58. The van der Waals surface area contributed by atoms with Gasteiger partial charge in [-0.25, -0.2) is 0 Å². The molecule has 4 atom stereocenters. The van der Waals surface area contributed by atoms with Crippen molar-refractivity contribution < 1.29 is 10.2 Å². The molecule has 2 nitrogen and oxygen atoms in total. The Morgan fingerprint density at radius 1 is 1.47 bits per heavy atom. The molecule has 1 spiro atoms. The van der Waals surface area contributed by atoms with Crippen molar-refractivity contribution in [1.29, 1.82) is 0 Å². The highest BCUT2D eigenvalue weighted by Gasteiger charge is 2.53. The Labute approximate surface area is 105 Å². The van der Waals surface area contributed by atoms with Crippen LogP contribution in [0.3, 0.4) is 0 Å². The first-order chi connectivity index (χ1) is 7.92. The normalized spacial score (nSPS) is 41.4. The van der Waals surface area contributed by atoms with E-state index in [-0.39, 0.29) is 17.9 Å². The topological polar surface area (TPSA) is 40.5 Å². The van der Waals surface area contributed by atoms with E-state index >= 15 is 0 Å². The molecule has 0 heterocycles. The van der Waals surface area contributed by atoms with Gasteiger partial charge in [0.1, 0.15) is 0 Å². The van der Waals surface area contributed by atoms with Gasteiger partial charge >= 0.3 is 0 Å². The molecule has 0 radical (unpaired) electrons. The van der Waals surface area contributed by atoms with Crippen LogP contribution in [0, 0.1) is 17.3 Å². The zero-order valence-electron chi connectivity index (χ0n) is 11.4. The molecule has 2 aliphatic carbocycles. The number of aliphatic hydroxyl groups is 2. The first kappa shape index (κ1) is 13.1. The second kappa shape index (κ2) is 4.40. The van der Waals surface area contributed by atoms with Gasteiger partial charge in [-0.1, -0.05) is 18.6 Å². The third kappa shape index (κ3) is 2.06. The Morgan fingerprint density at radius 3 is 2.71 bits per heavy atom. The van der Waals surface area contributed by atoms with Crippen molar-refractivity contribution in [2.75, 3.05) is 6.61 Å². The summed E-state index contributed by atoms with van der Waals surface area (Å²) >= 11 is 0. The van der Waals surface area contributed by atoms with Gasteiger partial charge in [0.25, 0.3) is 0 Å². The molecular formula is C15H26O2. The third-order valence-corrected chi connectivity index (χ3v) is 5.45. The van der Waals surface area contributed by atoms with Gasteiger partial charge in [0.2, 0.25) is 0 Å². The van der Waals surface area contributed by atoms with Gasteiger partial charge in [0.15, 0.2) is 0 Å². The standard InChI is InChI=1S/C15H26O2/c1-11-6-8-15(9-7-11)12(2)4-5-13(15)14(3,17)10-16/h6,12-13,16-17H,4-5,7-10H2,1-3H3/t12-,13+,14+,15-/m1/s1. The Bertz CT molecular complexity index is 319. The van der Waals surface area contributed by atoms with Crippen molar-refractivity contribution in [3.63, 3.8) is 0 Å². The predicted octanol–water partition coefficient (Wildman–Crippen LogP) is 2.89. The van der Waals surface area contributed by atoms with E-state index < -0.39 is 5.60 Å². The van der Waals surface area contributed by atoms with Gasteiger partial charge in [0.05, 0.1) is 12.2 Å². The molecule has 0 amide bonds. The molecule has 2 aliphatic rings. The summed E-state index contributed by atoms with van der Waals surface area (Å²) in [7, 11) is 0. The Hall–Kier alpha value is -0.340. The fraction of sp³-hybridized carbons (Fsp3) is 0.867. The maximum atomic E-state index is 10.5. The molecule has 0 aromatic carbocycles. The van der Waals surface area contributed by atoms with Crippen LogP contribution >= 0.6 is 0 Å². The number of hydrogen-bond donors (Lipinski definition) is 2. The van der Waals surface area contributed by atoms with Crippen LogP contribution in [0.15, 0.2) is 11.6 Å². The van der Waals surface area contributed by atoms with Crippen LogP contribution in [0.1, 0.15) is 52.9 Å². The minimum Gasteiger partial charge on any atom is -0.393 e. The summed E-state index contributed by atoms with van der Waals surface area (Å²) in [6.07, 6.45) is 8.02. The second-order valence-electron chi connectivity index (χ2n) is 6.53. The largest absolute Gasteiger partial charge is 0.393 e. The van der Waals surface area contributed by atoms with Crippen LogP contribution in [-0.2, 0) is 0 Å². The van der Waals surface area contributed by atoms with Crippen LogP contribution in [0.5, 0.6) is 0 Å². The molecular weight excluding hydrogens is 212 g/mol. The molecule has 0 bridgehead atoms. The van der Waals surface area contributed by atoms with E-state index in [2.05, 4.69) is 19.9 Å². The van der Waals surface area contributed by atoms with Crippen LogP contribution in [-0.4, -0.2) is 22.4 Å². The number of aliphatic hydroxyl groups excluding tert-OH is 1. The summed E-state index contributed by atoms with van der Waals surface area (Å²) in [4.78, 5) is 0. The molecule has 1 saturated carbocycles. The third-order valence-electron chi connectivity index (χ3n) is 5.45. The maximum Gasteiger partial charge on any atom is 0.0882 e. The summed E-state index contributed by atoms with van der Waals surface area (Å²) in [6, 6.07) is 0. The Balaban J connectivity index is 2.29. The maximum absolute atomic E-state index is 10.5. The molecule has 2 heteroatoms. The number of allylic oxidation sites excluding steroid dienone is 2. The number of rotatable bonds is 2. The van der Waals surface area contributed by atoms with Crippen molar-refractivity contribution in [1.82, 2.24) is 0 Å². The highest BCUT2D eigenvalue weighted by atomic mass is 16.3. The molecule has 0 saturated heterocycles. The van der Waals surface area contributed by atoms with Gasteiger partial charge in [-0.15, -0.1) is 0 Å². The average molecular weight is 238 g/mol. The summed E-state index contributed by atoms with van der Waals surface area (Å²) in [5.74, 6) is 0.911. The van der Waals surface area contributed by atoms with Crippen LogP contribution in [0.25, 0.3) is 0 Å². The summed E-state index contributed by atoms with van der Waals surface area (Å²) in [6.45, 7) is 6.21. The van der Waals surface area contributed by atoms with E-state index in [9.17, 15) is 10.2 Å². The van der Waals surface area contributed by atoms with Crippen molar-refractivity contribution in [2.45, 2.75) is 58.5 Å². The van der Waals surface area contributed by atoms with Crippen molar-refractivity contribution in [3.05, 3.63) is 11.6 Å². The van der Waals surface area contributed by atoms with E-state index in [1.165, 1.54) is 18.4 Å². The predicted molar refractivity (Wildman–Crippen MR) is 69.6 cm³/mol. The summed E-state index contributed by atoms with van der Waals surface area (Å²) in [5.41, 5.74) is 0.799. The van der Waals surface area contributed by atoms with Gasteiger partial charge < -0.3 is 10.2 Å². The van der Waals surface area contributed by atoms with E-state index in [4.69, 9.17) is 0 Å². The van der Waals surface area contributed by atoms with Crippen molar-refractivity contribution in [2.24, 2.45) is 17.3 Å². The van der Waals surface area contributed by atoms with Gasteiger partial charge in [-0.3, -0.25) is 0 Å². The lowest BCUT2D eigenvalue weighted by Crippen LogP contribution is -2.47. The zero-order chi connectivity index (χ0) is 12.7. The Kier molecular flexibility index (Phi) is 3.39. The minimum atomic E-state index is -0.913. The van der Waals surface area contributed by atoms with Crippen LogP contribution < -0.4 is 0 Å². The highest BCUT2D eigenvalue weighted by molar-refractivity contribution is 5.14. The zero-order valence-corrected chi connectivity index (χ0v) is 11.4. The quantitative estimate of drug-likeness (QED) is 0.726. The van der Waals surface area contributed by atoms with Crippen molar-refractivity contribution >= 4 is 0 Å².